The van der Waals surface area contributed by atoms with Gasteiger partial charge in [-0.05, 0) is 23.1 Å². The van der Waals surface area contributed by atoms with Crippen molar-refractivity contribution < 1.29 is 5.11 Å². The van der Waals surface area contributed by atoms with Crippen LogP contribution >= 0.6 is 23.2 Å². The molecule has 0 saturated heterocycles. The normalized spacial score (nSPS) is 15.7. The van der Waals surface area contributed by atoms with Gasteiger partial charge in [-0.1, -0.05) is 50.0 Å². The maximum absolute atomic E-state index is 10.3. The van der Waals surface area contributed by atoms with Gasteiger partial charge < -0.3 is 10.8 Å². The van der Waals surface area contributed by atoms with Crippen molar-refractivity contribution in [2.24, 2.45) is 11.1 Å². The topological polar surface area (TPSA) is 46.2 Å². The molecule has 0 saturated carbocycles. The third kappa shape index (κ3) is 3.59. The highest BCUT2D eigenvalue weighted by atomic mass is 35.5. The maximum Gasteiger partial charge on any atom is 0.0669 e. The van der Waals surface area contributed by atoms with Crippen LogP contribution in [0.5, 0.6) is 0 Å². The van der Waals surface area contributed by atoms with E-state index in [-0.39, 0.29) is 11.3 Å². The summed E-state index contributed by atoms with van der Waals surface area (Å²) in [7, 11) is 0. The molecule has 1 rings (SSSR count). The predicted molar refractivity (Wildman–Crippen MR) is 73.7 cm³/mol. The lowest BCUT2D eigenvalue weighted by Gasteiger charge is -2.32. The summed E-state index contributed by atoms with van der Waals surface area (Å²) in [5.41, 5.74) is 6.45. The Labute approximate surface area is 113 Å². The van der Waals surface area contributed by atoms with Gasteiger partial charge >= 0.3 is 0 Å². The first-order valence-electron chi connectivity index (χ1n) is 5.60. The van der Waals surface area contributed by atoms with E-state index in [0.29, 0.717) is 16.6 Å². The fraction of sp³-hybridized carbons (Fsp3) is 0.538. The van der Waals surface area contributed by atoms with Crippen molar-refractivity contribution in [3.05, 3.63) is 33.8 Å². The van der Waals surface area contributed by atoms with E-state index in [2.05, 4.69) is 0 Å². The molecule has 0 radical (unpaired) electrons. The Kier molecular flexibility index (Phi) is 4.85. The van der Waals surface area contributed by atoms with Crippen molar-refractivity contribution in [1.82, 2.24) is 0 Å². The zero-order valence-electron chi connectivity index (χ0n) is 10.4. The Morgan fingerprint density at radius 1 is 1.24 bits per heavy atom. The minimum atomic E-state index is -0.523. The first-order valence-corrected chi connectivity index (χ1v) is 6.36. The standard InChI is InChI=1S/C13H19Cl2NO/c1-13(2,3)12(17)9(7-16)8-4-5-10(14)11(15)6-8/h4-6,9,12,17H,7,16H2,1-3H3. The van der Waals surface area contributed by atoms with Crippen molar-refractivity contribution in [1.29, 1.82) is 0 Å². The Morgan fingerprint density at radius 2 is 1.82 bits per heavy atom. The summed E-state index contributed by atoms with van der Waals surface area (Å²) in [5.74, 6) is -0.134. The van der Waals surface area contributed by atoms with Gasteiger partial charge in [-0.2, -0.15) is 0 Å². The van der Waals surface area contributed by atoms with Gasteiger partial charge in [-0.3, -0.25) is 0 Å². The Hall–Kier alpha value is -0.280. The molecule has 3 N–H and O–H groups in total. The molecule has 0 aliphatic rings. The van der Waals surface area contributed by atoms with E-state index in [1.807, 2.05) is 26.8 Å². The zero-order chi connectivity index (χ0) is 13.2. The molecule has 0 aliphatic heterocycles. The number of hydrogen-bond acceptors (Lipinski definition) is 2. The second kappa shape index (κ2) is 5.57. The Bertz CT molecular complexity index is 387. The van der Waals surface area contributed by atoms with E-state index >= 15 is 0 Å². The summed E-state index contributed by atoms with van der Waals surface area (Å²) in [5, 5.41) is 11.3. The molecule has 1 aromatic carbocycles. The summed E-state index contributed by atoms with van der Waals surface area (Å²) in [6.07, 6.45) is -0.523. The lowest BCUT2D eigenvalue weighted by Crippen LogP contribution is -2.36. The summed E-state index contributed by atoms with van der Waals surface area (Å²) < 4.78 is 0. The van der Waals surface area contributed by atoms with Crippen LogP contribution in [0.2, 0.25) is 10.0 Å². The van der Waals surface area contributed by atoms with Crippen molar-refractivity contribution >= 4 is 23.2 Å². The fourth-order valence-electron chi connectivity index (χ4n) is 1.79. The predicted octanol–water partition coefficient (Wildman–Crippen LogP) is 3.44. The lowest BCUT2D eigenvalue weighted by molar-refractivity contribution is 0.0408. The minimum Gasteiger partial charge on any atom is -0.392 e. The van der Waals surface area contributed by atoms with Crippen LogP contribution in [0.15, 0.2) is 18.2 Å². The van der Waals surface area contributed by atoms with Crippen LogP contribution in [0.25, 0.3) is 0 Å². The minimum absolute atomic E-state index is 0.134. The second-order valence-electron chi connectivity index (χ2n) is 5.33. The lowest BCUT2D eigenvalue weighted by atomic mass is 9.78. The maximum atomic E-state index is 10.3. The zero-order valence-corrected chi connectivity index (χ0v) is 11.9. The van der Waals surface area contributed by atoms with Crippen molar-refractivity contribution in [3.63, 3.8) is 0 Å². The van der Waals surface area contributed by atoms with Crippen LogP contribution in [0.4, 0.5) is 0 Å². The largest absolute Gasteiger partial charge is 0.392 e. The quantitative estimate of drug-likeness (QED) is 0.888. The van der Waals surface area contributed by atoms with E-state index in [1.165, 1.54) is 0 Å². The van der Waals surface area contributed by atoms with Crippen LogP contribution in [0, 0.1) is 5.41 Å². The number of aliphatic hydroxyl groups is 1. The van der Waals surface area contributed by atoms with Crippen LogP contribution < -0.4 is 5.73 Å². The molecular formula is C13H19Cl2NO. The van der Waals surface area contributed by atoms with E-state index in [0.717, 1.165) is 5.56 Å². The van der Waals surface area contributed by atoms with Crippen LogP contribution in [-0.2, 0) is 0 Å². The summed E-state index contributed by atoms with van der Waals surface area (Å²) in [4.78, 5) is 0. The molecule has 4 heteroatoms. The van der Waals surface area contributed by atoms with E-state index < -0.39 is 6.10 Å². The van der Waals surface area contributed by atoms with Gasteiger partial charge in [0.1, 0.15) is 0 Å². The van der Waals surface area contributed by atoms with Crippen molar-refractivity contribution in [3.8, 4) is 0 Å². The van der Waals surface area contributed by atoms with Crippen LogP contribution in [-0.4, -0.2) is 17.8 Å². The first-order chi connectivity index (χ1) is 7.77. The highest BCUT2D eigenvalue weighted by Crippen LogP contribution is 2.33. The molecule has 96 valence electrons. The van der Waals surface area contributed by atoms with E-state index in [9.17, 15) is 5.11 Å². The molecular weight excluding hydrogens is 257 g/mol. The second-order valence-corrected chi connectivity index (χ2v) is 6.14. The number of benzene rings is 1. The van der Waals surface area contributed by atoms with Crippen molar-refractivity contribution in [2.45, 2.75) is 32.8 Å². The van der Waals surface area contributed by atoms with Gasteiger partial charge in [0.25, 0.3) is 0 Å². The molecule has 2 atom stereocenters. The molecule has 0 bridgehead atoms. The van der Waals surface area contributed by atoms with Crippen LogP contribution in [0.3, 0.4) is 0 Å². The summed E-state index contributed by atoms with van der Waals surface area (Å²) in [6, 6.07) is 5.37. The van der Waals surface area contributed by atoms with Gasteiger partial charge in [0.15, 0.2) is 0 Å². The molecule has 2 unspecified atom stereocenters. The average molecular weight is 276 g/mol. The fourth-order valence-corrected chi connectivity index (χ4v) is 2.10. The third-order valence-electron chi connectivity index (χ3n) is 2.89. The molecule has 17 heavy (non-hydrogen) atoms. The number of hydrogen-bond donors (Lipinski definition) is 2. The first kappa shape index (κ1) is 14.8. The van der Waals surface area contributed by atoms with Gasteiger partial charge in [0.05, 0.1) is 16.1 Å². The molecule has 0 aromatic heterocycles. The van der Waals surface area contributed by atoms with Gasteiger partial charge in [-0.25, -0.2) is 0 Å². The van der Waals surface area contributed by atoms with Gasteiger partial charge in [0, 0.05) is 12.5 Å². The average Bonchev–Trinajstić information content (AvgIpc) is 2.23. The van der Waals surface area contributed by atoms with Crippen LogP contribution in [0.1, 0.15) is 32.3 Å². The molecule has 0 spiro atoms. The number of halogens is 2. The van der Waals surface area contributed by atoms with Gasteiger partial charge in [-0.15, -0.1) is 0 Å². The highest BCUT2D eigenvalue weighted by Gasteiger charge is 2.30. The third-order valence-corrected chi connectivity index (χ3v) is 3.63. The molecule has 1 aromatic rings. The molecule has 2 nitrogen and oxygen atoms in total. The molecule has 0 fully saturated rings. The Morgan fingerprint density at radius 3 is 2.24 bits per heavy atom. The number of aliphatic hydroxyl groups excluding tert-OH is 1. The molecule has 0 aliphatic carbocycles. The SMILES string of the molecule is CC(C)(C)C(O)C(CN)c1ccc(Cl)c(Cl)c1. The van der Waals surface area contributed by atoms with E-state index in [1.54, 1.807) is 12.1 Å². The molecule has 0 amide bonds. The monoisotopic (exact) mass is 275 g/mol. The van der Waals surface area contributed by atoms with Crippen molar-refractivity contribution in [2.75, 3.05) is 6.54 Å². The summed E-state index contributed by atoms with van der Waals surface area (Å²) in [6.45, 7) is 6.32. The molecule has 0 heterocycles. The Balaban J connectivity index is 3.05. The summed E-state index contributed by atoms with van der Waals surface area (Å²) >= 11 is 11.9. The smallest absolute Gasteiger partial charge is 0.0669 e. The van der Waals surface area contributed by atoms with Gasteiger partial charge in [0.2, 0.25) is 0 Å². The van der Waals surface area contributed by atoms with E-state index in [4.69, 9.17) is 28.9 Å². The number of rotatable bonds is 3. The highest BCUT2D eigenvalue weighted by molar-refractivity contribution is 6.42. The number of nitrogens with two attached hydrogens (primary N) is 1.